The van der Waals surface area contributed by atoms with Gasteiger partial charge >= 0.3 is 0 Å². The van der Waals surface area contributed by atoms with Gasteiger partial charge in [0.2, 0.25) is 10.0 Å². The van der Waals surface area contributed by atoms with Gasteiger partial charge in [-0.1, -0.05) is 25.4 Å². The number of nitrogens with two attached hydrogens (primary N) is 1. The van der Waals surface area contributed by atoms with Crippen molar-refractivity contribution in [2.75, 3.05) is 6.54 Å². The fraction of sp³-hybridized carbons (Fsp3) is 0.538. The monoisotopic (exact) mass is 322 g/mol. The summed E-state index contributed by atoms with van der Waals surface area (Å²) in [5.41, 5.74) is 4.83. The molecule has 1 unspecified atom stereocenters. The Hall–Kier alpha value is -0.690. The fourth-order valence-corrected chi connectivity index (χ4v) is 3.90. The van der Waals surface area contributed by atoms with Crippen LogP contribution in [0.4, 0.5) is 4.39 Å². The molecule has 114 valence electrons. The van der Waals surface area contributed by atoms with Crippen LogP contribution in [0.2, 0.25) is 5.02 Å². The normalized spacial score (nSPS) is 15.3. The van der Waals surface area contributed by atoms with Crippen molar-refractivity contribution in [2.24, 2.45) is 11.7 Å². The van der Waals surface area contributed by atoms with Gasteiger partial charge in [-0.2, -0.15) is 0 Å². The predicted molar refractivity (Wildman–Crippen MR) is 78.6 cm³/mol. The zero-order valence-corrected chi connectivity index (χ0v) is 13.4. The first-order valence-electron chi connectivity index (χ1n) is 6.29. The molecule has 1 aromatic carbocycles. The molecule has 1 rings (SSSR count). The first kappa shape index (κ1) is 17.4. The summed E-state index contributed by atoms with van der Waals surface area (Å²) in [5, 5.41) is 0.157. The molecule has 0 aliphatic heterocycles. The molecule has 0 amide bonds. The Morgan fingerprint density at radius 1 is 1.45 bits per heavy atom. The Labute approximate surface area is 124 Å². The molecule has 20 heavy (non-hydrogen) atoms. The molecular weight excluding hydrogens is 303 g/mol. The fourth-order valence-electron chi connectivity index (χ4n) is 2.13. The van der Waals surface area contributed by atoms with E-state index in [1.165, 1.54) is 6.07 Å². The van der Waals surface area contributed by atoms with E-state index >= 15 is 0 Å². The van der Waals surface area contributed by atoms with Crippen LogP contribution < -0.4 is 10.5 Å². The van der Waals surface area contributed by atoms with E-state index in [4.69, 9.17) is 17.3 Å². The zero-order valence-electron chi connectivity index (χ0n) is 11.8. The van der Waals surface area contributed by atoms with Crippen molar-refractivity contribution in [3.05, 3.63) is 29.0 Å². The SMILES string of the molecule is CC(C)CC(C)(CN)NS(=O)(=O)c1cc(Cl)ccc1F. The van der Waals surface area contributed by atoms with Gasteiger partial charge in [-0.3, -0.25) is 0 Å². The third-order valence-corrected chi connectivity index (χ3v) is 4.76. The van der Waals surface area contributed by atoms with Gasteiger partial charge in [0, 0.05) is 17.1 Å². The lowest BCUT2D eigenvalue weighted by molar-refractivity contribution is 0.344. The number of halogens is 2. The van der Waals surface area contributed by atoms with E-state index in [0.29, 0.717) is 6.42 Å². The van der Waals surface area contributed by atoms with Crippen molar-refractivity contribution in [3.8, 4) is 0 Å². The molecule has 4 nitrogen and oxygen atoms in total. The maximum Gasteiger partial charge on any atom is 0.244 e. The van der Waals surface area contributed by atoms with E-state index in [-0.39, 0.29) is 17.5 Å². The van der Waals surface area contributed by atoms with Crippen LogP contribution in [-0.4, -0.2) is 20.5 Å². The zero-order chi connectivity index (χ0) is 15.6. The molecule has 0 saturated carbocycles. The summed E-state index contributed by atoms with van der Waals surface area (Å²) in [6.45, 7) is 5.74. The van der Waals surface area contributed by atoms with Crippen LogP contribution in [-0.2, 0) is 10.0 Å². The Balaban J connectivity index is 3.14. The van der Waals surface area contributed by atoms with Gasteiger partial charge in [0.15, 0.2) is 0 Å². The lowest BCUT2D eigenvalue weighted by atomic mass is 9.92. The summed E-state index contributed by atoms with van der Waals surface area (Å²) in [4.78, 5) is -0.464. The molecule has 0 fully saturated rings. The molecule has 0 spiro atoms. The quantitative estimate of drug-likeness (QED) is 0.845. The Morgan fingerprint density at radius 2 is 2.05 bits per heavy atom. The maximum absolute atomic E-state index is 13.7. The molecule has 0 aromatic heterocycles. The van der Waals surface area contributed by atoms with Crippen LogP contribution in [0.15, 0.2) is 23.1 Å². The number of rotatable bonds is 6. The van der Waals surface area contributed by atoms with Crippen molar-refractivity contribution in [1.82, 2.24) is 4.72 Å². The van der Waals surface area contributed by atoms with Crippen molar-refractivity contribution in [1.29, 1.82) is 0 Å². The van der Waals surface area contributed by atoms with Gasteiger partial charge in [0.25, 0.3) is 0 Å². The molecule has 7 heteroatoms. The first-order chi connectivity index (χ1) is 9.09. The molecule has 0 radical (unpaired) electrons. The van der Waals surface area contributed by atoms with Gasteiger partial charge in [-0.05, 0) is 37.5 Å². The highest BCUT2D eigenvalue weighted by Crippen LogP contribution is 2.23. The highest BCUT2D eigenvalue weighted by molar-refractivity contribution is 7.89. The second-order valence-electron chi connectivity index (χ2n) is 5.54. The summed E-state index contributed by atoms with van der Waals surface area (Å²) >= 11 is 5.73. The Morgan fingerprint density at radius 3 is 2.55 bits per heavy atom. The van der Waals surface area contributed by atoms with Crippen LogP contribution in [0.25, 0.3) is 0 Å². The molecule has 3 N–H and O–H groups in total. The minimum Gasteiger partial charge on any atom is -0.329 e. The summed E-state index contributed by atoms with van der Waals surface area (Å²) in [7, 11) is -4.02. The van der Waals surface area contributed by atoms with Crippen LogP contribution >= 0.6 is 11.6 Å². The average Bonchev–Trinajstić information content (AvgIpc) is 2.30. The predicted octanol–water partition coefficient (Wildman–Crippen LogP) is 2.52. The summed E-state index contributed by atoms with van der Waals surface area (Å²) < 4.78 is 40.8. The third kappa shape index (κ3) is 4.41. The van der Waals surface area contributed by atoms with E-state index in [1.54, 1.807) is 6.92 Å². The molecular formula is C13H20ClFN2O2S. The van der Waals surface area contributed by atoms with Crippen molar-refractivity contribution in [3.63, 3.8) is 0 Å². The average molecular weight is 323 g/mol. The number of benzene rings is 1. The lowest BCUT2D eigenvalue weighted by Gasteiger charge is -2.30. The molecule has 0 bridgehead atoms. The Kier molecular flexibility index (Phi) is 5.54. The number of hydrogen-bond donors (Lipinski definition) is 2. The van der Waals surface area contributed by atoms with Gasteiger partial charge in [0.05, 0.1) is 0 Å². The maximum atomic E-state index is 13.7. The van der Waals surface area contributed by atoms with Crippen LogP contribution in [0, 0.1) is 11.7 Å². The smallest absolute Gasteiger partial charge is 0.244 e. The van der Waals surface area contributed by atoms with E-state index in [2.05, 4.69) is 4.72 Å². The highest BCUT2D eigenvalue weighted by atomic mass is 35.5. The second kappa shape index (κ2) is 6.39. The van der Waals surface area contributed by atoms with E-state index in [0.717, 1.165) is 12.1 Å². The second-order valence-corrected chi connectivity index (χ2v) is 7.63. The topological polar surface area (TPSA) is 72.2 Å². The molecule has 1 aromatic rings. The van der Waals surface area contributed by atoms with Crippen LogP contribution in [0.5, 0.6) is 0 Å². The van der Waals surface area contributed by atoms with Crippen molar-refractivity contribution >= 4 is 21.6 Å². The first-order valence-corrected chi connectivity index (χ1v) is 8.15. The standard InChI is InChI=1S/C13H20ClFN2O2S/c1-9(2)7-13(3,8-16)17-20(18,19)12-6-10(14)4-5-11(12)15/h4-6,9,17H,7-8,16H2,1-3H3. The van der Waals surface area contributed by atoms with E-state index < -0.39 is 26.3 Å². The molecule has 0 saturated heterocycles. The number of nitrogens with one attached hydrogen (secondary N) is 1. The summed E-state index contributed by atoms with van der Waals surface area (Å²) in [5.74, 6) is -0.596. The summed E-state index contributed by atoms with van der Waals surface area (Å²) in [6.07, 6.45) is 0.547. The van der Waals surface area contributed by atoms with Crippen molar-refractivity contribution < 1.29 is 12.8 Å². The largest absolute Gasteiger partial charge is 0.329 e. The number of sulfonamides is 1. The van der Waals surface area contributed by atoms with Gasteiger partial charge in [-0.15, -0.1) is 0 Å². The lowest BCUT2D eigenvalue weighted by Crippen LogP contribution is -2.52. The van der Waals surface area contributed by atoms with Crippen LogP contribution in [0.1, 0.15) is 27.2 Å². The summed E-state index contributed by atoms with van der Waals surface area (Å²) in [6, 6.07) is 3.41. The van der Waals surface area contributed by atoms with E-state index in [9.17, 15) is 12.8 Å². The van der Waals surface area contributed by atoms with Crippen LogP contribution in [0.3, 0.4) is 0 Å². The molecule has 0 heterocycles. The molecule has 1 atom stereocenters. The van der Waals surface area contributed by atoms with Gasteiger partial charge < -0.3 is 5.73 Å². The minimum absolute atomic E-state index is 0.118. The highest BCUT2D eigenvalue weighted by Gasteiger charge is 2.31. The number of hydrogen-bond acceptors (Lipinski definition) is 3. The third-order valence-electron chi connectivity index (χ3n) is 2.87. The molecule has 0 aliphatic rings. The van der Waals surface area contributed by atoms with Gasteiger partial charge in [0.1, 0.15) is 10.7 Å². The molecule has 0 aliphatic carbocycles. The van der Waals surface area contributed by atoms with Gasteiger partial charge in [-0.25, -0.2) is 17.5 Å². The van der Waals surface area contributed by atoms with E-state index in [1.807, 2.05) is 13.8 Å². The Bertz CT molecular complexity index is 578. The minimum atomic E-state index is -4.02. The van der Waals surface area contributed by atoms with Crippen molar-refractivity contribution in [2.45, 2.75) is 37.6 Å².